The Hall–Kier alpha value is -3.03. The first-order chi connectivity index (χ1) is 13.0. The molecule has 0 aliphatic heterocycles. The zero-order valence-electron chi connectivity index (χ0n) is 14.1. The van der Waals surface area contributed by atoms with Crippen molar-refractivity contribution in [1.29, 1.82) is 0 Å². The number of hydrogen-bond acceptors (Lipinski definition) is 5. The molecule has 0 bridgehead atoms. The van der Waals surface area contributed by atoms with Gasteiger partial charge in [-0.2, -0.15) is 9.47 Å². The summed E-state index contributed by atoms with van der Waals surface area (Å²) < 4.78 is 5.88. The van der Waals surface area contributed by atoms with Gasteiger partial charge in [-0.3, -0.25) is 0 Å². The molecule has 2 aromatic heterocycles. The summed E-state index contributed by atoms with van der Waals surface area (Å²) in [6, 6.07) is 16.5. The van der Waals surface area contributed by atoms with E-state index in [1.807, 2.05) is 31.2 Å². The predicted octanol–water partition coefficient (Wildman–Crippen LogP) is 4.72. The average molecular weight is 397 g/mol. The number of carboxylic acids is 1. The molecule has 0 amide bonds. The third kappa shape index (κ3) is 3.34. The van der Waals surface area contributed by atoms with Crippen molar-refractivity contribution in [2.24, 2.45) is 0 Å². The molecule has 0 fully saturated rings. The summed E-state index contributed by atoms with van der Waals surface area (Å²) in [7, 11) is 0. The van der Waals surface area contributed by atoms with Crippen molar-refractivity contribution in [2.45, 2.75) is 6.92 Å². The van der Waals surface area contributed by atoms with Crippen molar-refractivity contribution in [3.63, 3.8) is 0 Å². The van der Waals surface area contributed by atoms with E-state index in [1.165, 1.54) is 22.3 Å². The van der Waals surface area contributed by atoms with Gasteiger partial charge in [0.2, 0.25) is 0 Å². The summed E-state index contributed by atoms with van der Waals surface area (Å²) in [5.74, 6) is -0.729. The Kier molecular flexibility index (Phi) is 4.47. The number of aromatic nitrogens is 4. The van der Waals surface area contributed by atoms with Gasteiger partial charge in [0.05, 0.1) is 10.7 Å². The molecule has 2 aromatic carbocycles. The largest absolute Gasteiger partial charge is 0.476 e. The Morgan fingerprint density at radius 1 is 1.15 bits per heavy atom. The lowest BCUT2D eigenvalue weighted by atomic mass is 10.1. The lowest BCUT2D eigenvalue weighted by molar-refractivity contribution is 0.0690. The topological polar surface area (TPSA) is 80.9 Å². The van der Waals surface area contributed by atoms with Crippen LogP contribution in [0.15, 0.2) is 54.6 Å². The van der Waals surface area contributed by atoms with Crippen LogP contribution in [0.4, 0.5) is 0 Å². The van der Waals surface area contributed by atoms with Crippen molar-refractivity contribution in [2.75, 3.05) is 0 Å². The second kappa shape index (κ2) is 6.94. The van der Waals surface area contributed by atoms with Crippen LogP contribution in [-0.2, 0) is 0 Å². The summed E-state index contributed by atoms with van der Waals surface area (Å²) in [5, 5.41) is 14.7. The molecule has 0 saturated carbocycles. The Labute approximate surface area is 163 Å². The molecule has 134 valence electrons. The van der Waals surface area contributed by atoms with Crippen LogP contribution in [0.1, 0.15) is 16.1 Å². The van der Waals surface area contributed by atoms with Gasteiger partial charge in [0, 0.05) is 11.6 Å². The first kappa shape index (κ1) is 17.4. The molecule has 8 heteroatoms. The molecule has 0 atom stereocenters. The number of benzene rings is 2. The minimum absolute atomic E-state index is 0.100. The van der Waals surface area contributed by atoms with Crippen LogP contribution in [0.3, 0.4) is 0 Å². The maximum Gasteiger partial charge on any atom is 0.356 e. The van der Waals surface area contributed by atoms with Gasteiger partial charge in [0.1, 0.15) is 10.7 Å². The minimum Gasteiger partial charge on any atom is -0.476 e. The number of para-hydroxylation sites is 1. The quantitative estimate of drug-likeness (QED) is 0.540. The van der Waals surface area contributed by atoms with E-state index < -0.39 is 5.97 Å². The van der Waals surface area contributed by atoms with Crippen LogP contribution >= 0.6 is 23.1 Å². The highest BCUT2D eigenvalue weighted by Gasteiger charge is 2.20. The highest BCUT2D eigenvalue weighted by Crippen LogP contribution is 2.30. The number of rotatable bonds is 4. The predicted molar refractivity (Wildman–Crippen MR) is 105 cm³/mol. The lowest BCUT2D eigenvalue weighted by Crippen LogP contribution is -2.03. The van der Waals surface area contributed by atoms with Crippen LogP contribution in [0.2, 0.25) is 5.02 Å². The number of carbonyl (C=O) groups is 1. The standard InChI is InChI=1S/C19H13ClN4O2S/c1-11-5-4-6-12(9-11)18-21-17(23-27-18)16-10-14(19(25)26)22-24(16)15-8-3-2-7-13(15)20/h2-10H,1H3,(H,25,26). The van der Waals surface area contributed by atoms with Crippen LogP contribution in [0.5, 0.6) is 0 Å². The zero-order valence-corrected chi connectivity index (χ0v) is 15.7. The highest BCUT2D eigenvalue weighted by molar-refractivity contribution is 7.09. The van der Waals surface area contributed by atoms with Crippen molar-refractivity contribution in [3.05, 3.63) is 70.9 Å². The molecule has 0 spiro atoms. The second-order valence-corrected chi connectivity index (χ2v) is 7.03. The number of aryl methyl sites for hydroxylation is 1. The van der Waals surface area contributed by atoms with Gasteiger partial charge < -0.3 is 5.11 Å². The molecular formula is C19H13ClN4O2S. The maximum atomic E-state index is 11.4. The second-order valence-electron chi connectivity index (χ2n) is 5.88. The van der Waals surface area contributed by atoms with Crippen molar-refractivity contribution >= 4 is 29.1 Å². The molecular weight excluding hydrogens is 384 g/mol. The summed E-state index contributed by atoms with van der Waals surface area (Å²) in [5.41, 5.74) is 3.01. The fourth-order valence-electron chi connectivity index (χ4n) is 2.67. The van der Waals surface area contributed by atoms with E-state index in [2.05, 4.69) is 14.5 Å². The number of nitrogens with zero attached hydrogens (tertiary/aromatic N) is 4. The number of halogens is 1. The zero-order chi connectivity index (χ0) is 19.0. The Bertz CT molecular complexity index is 1150. The molecule has 27 heavy (non-hydrogen) atoms. The smallest absolute Gasteiger partial charge is 0.356 e. The molecule has 1 N–H and O–H groups in total. The van der Waals surface area contributed by atoms with Gasteiger partial charge in [-0.25, -0.2) is 14.5 Å². The maximum absolute atomic E-state index is 11.4. The highest BCUT2D eigenvalue weighted by atomic mass is 35.5. The first-order valence-corrected chi connectivity index (χ1v) is 9.17. The monoisotopic (exact) mass is 396 g/mol. The van der Waals surface area contributed by atoms with E-state index in [0.29, 0.717) is 22.2 Å². The van der Waals surface area contributed by atoms with Gasteiger partial charge in [-0.15, -0.1) is 0 Å². The minimum atomic E-state index is -1.13. The molecule has 0 saturated heterocycles. The van der Waals surface area contributed by atoms with Gasteiger partial charge in [-0.1, -0.05) is 47.5 Å². The van der Waals surface area contributed by atoms with Gasteiger partial charge in [0.25, 0.3) is 0 Å². The van der Waals surface area contributed by atoms with Crippen molar-refractivity contribution in [3.8, 4) is 27.8 Å². The number of aromatic carboxylic acids is 1. The molecule has 0 unspecified atom stereocenters. The van der Waals surface area contributed by atoms with Crippen molar-refractivity contribution in [1.82, 2.24) is 19.1 Å². The van der Waals surface area contributed by atoms with Crippen LogP contribution in [-0.4, -0.2) is 30.2 Å². The third-order valence-electron chi connectivity index (χ3n) is 3.93. The summed E-state index contributed by atoms with van der Waals surface area (Å²) in [6.45, 7) is 2.01. The fraction of sp³-hybridized carbons (Fsp3) is 0.0526. The van der Waals surface area contributed by atoms with E-state index in [9.17, 15) is 9.90 Å². The molecule has 0 aliphatic carbocycles. The van der Waals surface area contributed by atoms with Gasteiger partial charge >= 0.3 is 5.97 Å². The lowest BCUT2D eigenvalue weighted by Gasteiger charge is -2.06. The normalized spacial score (nSPS) is 10.9. The average Bonchev–Trinajstić information content (AvgIpc) is 3.29. The van der Waals surface area contributed by atoms with Gasteiger partial charge in [0.15, 0.2) is 11.5 Å². The van der Waals surface area contributed by atoms with E-state index in [0.717, 1.165) is 16.1 Å². The molecule has 4 rings (SSSR count). The number of hydrogen-bond donors (Lipinski definition) is 1. The van der Waals surface area contributed by atoms with Crippen LogP contribution in [0.25, 0.3) is 27.8 Å². The molecule has 4 aromatic rings. The number of carboxylic acid groups (broad SMARTS) is 1. The fourth-order valence-corrected chi connectivity index (χ4v) is 3.56. The van der Waals surface area contributed by atoms with E-state index in [-0.39, 0.29) is 5.69 Å². The summed E-state index contributed by atoms with van der Waals surface area (Å²) in [6.07, 6.45) is 0. The van der Waals surface area contributed by atoms with Gasteiger partial charge in [-0.05, 0) is 36.7 Å². The Balaban J connectivity index is 1.85. The van der Waals surface area contributed by atoms with Crippen molar-refractivity contribution < 1.29 is 9.90 Å². The molecule has 0 aliphatic rings. The third-order valence-corrected chi connectivity index (χ3v) is 5.01. The van der Waals surface area contributed by atoms with E-state index in [4.69, 9.17) is 11.6 Å². The molecule has 6 nitrogen and oxygen atoms in total. The van der Waals surface area contributed by atoms with Crippen LogP contribution in [0, 0.1) is 6.92 Å². The Morgan fingerprint density at radius 3 is 2.70 bits per heavy atom. The molecule has 0 radical (unpaired) electrons. The summed E-state index contributed by atoms with van der Waals surface area (Å²) >= 11 is 7.53. The summed E-state index contributed by atoms with van der Waals surface area (Å²) in [4.78, 5) is 16.0. The SMILES string of the molecule is Cc1cccc(-c2nc(-c3cc(C(=O)O)nn3-c3ccccc3Cl)ns2)c1. The van der Waals surface area contributed by atoms with Crippen LogP contribution < -0.4 is 0 Å². The molecule has 2 heterocycles. The van der Waals surface area contributed by atoms with E-state index in [1.54, 1.807) is 24.3 Å². The first-order valence-electron chi connectivity index (χ1n) is 8.02. The Morgan fingerprint density at radius 2 is 1.96 bits per heavy atom. The van der Waals surface area contributed by atoms with E-state index >= 15 is 0 Å².